The van der Waals surface area contributed by atoms with Gasteiger partial charge in [-0.1, -0.05) is 30.3 Å². The first-order valence-electron chi connectivity index (χ1n) is 8.24. The van der Waals surface area contributed by atoms with Crippen LogP contribution in [0.3, 0.4) is 0 Å². The number of hydrogen-bond donors (Lipinski definition) is 0. The first-order chi connectivity index (χ1) is 11.9. The maximum Gasteiger partial charge on any atom is 0.363 e. The van der Waals surface area contributed by atoms with Gasteiger partial charge in [0.25, 0.3) is 0 Å². The Labute approximate surface area is 146 Å². The molecule has 3 unspecified atom stereocenters. The van der Waals surface area contributed by atoms with E-state index in [1.54, 1.807) is 38.1 Å². The Bertz CT molecular complexity index is 756. The average molecular weight is 364 g/mol. The molecule has 0 radical (unpaired) electrons. The van der Waals surface area contributed by atoms with Crippen molar-refractivity contribution < 1.29 is 23.2 Å². The van der Waals surface area contributed by atoms with Crippen molar-refractivity contribution in [2.24, 2.45) is 16.8 Å². The van der Waals surface area contributed by atoms with Crippen molar-refractivity contribution in [3.05, 3.63) is 35.9 Å². The van der Waals surface area contributed by atoms with E-state index >= 15 is 0 Å². The maximum absolute atomic E-state index is 13.8. The highest BCUT2D eigenvalue weighted by Crippen LogP contribution is 2.72. The molecule has 1 fully saturated rings. The third kappa shape index (κ3) is 2.41. The van der Waals surface area contributed by atoms with Gasteiger partial charge in [0.05, 0.1) is 25.0 Å². The smallest absolute Gasteiger partial charge is 0.307 e. The van der Waals surface area contributed by atoms with Crippen molar-refractivity contribution in [2.75, 3.05) is 20.3 Å². The first kappa shape index (κ1) is 18.0. The van der Waals surface area contributed by atoms with Crippen molar-refractivity contribution in [3.63, 3.8) is 0 Å². The van der Waals surface area contributed by atoms with Gasteiger partial charge in [0.15, 0.2) is 5.28 Å². The molecule has 0 N–H and O–H groups in total. The normalized spacial score (nSPS) is 28.7. The Morgan fingerprint density at radius 3 is 2.28 bits per heavy atom. The van der Waals surface area contributed by atoms with Crippen LogP contribution in [0.1, 0.15) is 19.4 Å². The number of hydrogen-bond acceptors (Lipinski definition) is 6. The van der Waals surface area contributed by atoms with Crippen LogP contribution in [0.4, 0.5) is 0 Å². The van der Waals surface area contributed by atoms with E-state index in [1.807, 2.05) is 6.07 Å². The number of likely N-dealkylation sites (tertiary alicyclic amines) is 1. The fourth-order valence-electron chi connectivity index (χ4n) is 3.59. The van der Waals surface area contributed by atoms with Crippen LogP contribution in [0.15, 0.2) is 35.3 Å². The number of aliphatic imine (C=N–C) groups is 1. The number of carbonyl (C=O) groups excluding carboxylic acids is 2. The Morgan fingerprint density at radius 1 is 1.12 bits per heavy atom. The summed E-state index contributed by atoms with van der Waals surface area (Å²) in [7, 11) is -2.45. The summed E-state index contributed by atoms with van der Waals surface area (Å²) < 4.78 is 25.0. The molecule has 0 spiro atoms. The molecular weight excluding hydrogens is 343 g/mol. The van der Waals surface area contributed by atoms with Gasteiger partial charge >= 0.3 is 7.60 Å². The second-order valence-corrected chi connectivity index (χ2v) is 8.14. The molecule has 2 amide bonds. The predicted molar refractivity (Wildman–Crippen MR) is 92.2 cm³/mol. The summed E-state index contributed by atoms with van der Waals surface area (Å²) >= 11 is 0. The third-order valence-corrected chi connectivity index (χ3v) is 7.33. The second-order valence-electron chi connectivity index (χ2n) is 5.94. The quantitative estimate of drug-likeness (QED) is 0.572. The molecule has 1 saturated heterocycles. The summed E-state index contributed by atoms with van der Waals surface area (Å²) in [4.78, 5) is 30.8. The predicted octanol–water partition coefficient (Wildman–Crippen LogP) is 2.42. The monoisotopic (exact) mass is 364 g/mol. The van der Waals surface area contributed by atoms with E-state index in [4.69, 9.17) is 9.05 Å². The molecule has 8 heteroatoms. The van der Waals surface area contributed by atoms with Crippen LogP contribution in [0.2, 0.25) is 0 Å². The molecule has 1 aromatic rings. The average Bonchev–Trinajstić information content (AvgIpc) is 3.11. The fourth-order valence-corrected chi connectivity index (χ4v) is 6.03. The van der Waals surface area contributed by atoms with Crippen LogP contribution in [-0.2, 0) is 28.5 Å². The van der Waals surface area contributed by atoms with Crippen molar-refractivity contribution in [2.45, 2.75) is 19.1 Å². The van der Waals surface area contributed by atoms with Crippen molar-refractivity contribution in [3.8, 4) is 0 Å². The van der Waals surface area contributed by atoms with Crippen LogP contribution >= 0.6 is 7.60 Å². The molecule has 0 saturated carbocycles. The summed E-state index contributed by atoms with van der Waals surface area (Å²) in [5.74, 6) is -2.46. The van der Waals surface area contributed by atoms with Gasteiger partial charge in [-0.15, -0.1) is 0 Å². The molecule has 2 heterocycles. The Hall–Kier alpha value is -1.82. The Kier molecular flexibility index (Phi) is 4.66. The zero-order chi connectivity index (χ0) is 18.2. The molecule has 25 heavy (non-hydrogen) atoms. The minimum atomic E-state index is -3.88. The molecule has 134 valence electrons. The molecule has 0 aliphatic carbocycles. The molecule has 7 nitrogen and oxygen atoms in total. The summed E-state index contributed by atoms with van der Waals surface area (Å²) in [6.07, 6.45) is 1.42. The van der Waals surface area contributed by atoms with Crippen molar-refractivity contribution in [1.82, 2.24) is 4.90 Å². The zero-order valence-electron chi connectivity index (χ0n) is 14.4. The topological polar surface area (TPSA) is 85.3 Å². The highest BCUT2D eigenvalue weighted by molar-refractivity contribution is 7.55. The minimum Gasteiger partial charge on any atom is -0.307 e. The third-order valence-electron chi connectivity index (χ3n) is 4.65. The van der Waals surface area contributed by atoms with Gasteiger partial charge in [-0.05, 0) is 19.4 Å². The van der Waals surface area contributed by atoms with Gasteiger partial charge in [-0.2, -0.15) is 0 Å². The number of fused-ring (bicyclic) bond motifs is 1. The van der Waals surface area contributed by atoms with E-state index in [-0.39, 0.29) is 19.1 Å². The lowest BCUT2D eigenvalue weighted by molar-refractivity contribution is -0.138. The van der Waals surface area contributed by atoms with Crippen molar-refractivity contribution in [1.29, 1.82) is 0 Å². The van der Waals surface area contributed by atoms with Crippen LogP contribution in [0.5, 0.6) is 0 Å². The van der Waals surface area contributed by atoms with Gasteiger partial charge in [-0.3, -0.25) is 24.0 Å². The number of rotatable bonds is 6. The van der Waals surface area contributed by atoms with Gasteiger partial charge in [0, 0.05) is 13.3 Å². The van der Waals surface area contributed by atoms with Gasteiger partial charge in [0.2, 0.25) is 11.8 Å². The van der Waals surface area contributed by atoms with Gasteiger partial charge in [0.1, 0.15) is 0 Å². The summed E-state index contributed by atoms with van der Waals surface area (Å²) in [5, 5.41) is -1.55. The Balaban J connectivity index is 2.26. The lowest BCUT2D eigenvalue weighted by Crippen LogP contribution is -2.39. The van der Waals surface area contributed by atoms with Crippen LogP contribution in [-0.4, -0.2) is 43.2 Å². The number of amides is 2. The number of imide groups is 1. The molecule has 2 aliphatic rings. The van der Waals surface area contributed by atoms with E-state index in [9.17, 15) is 14.2 Å². The molecule has 2 aliphatic heterocycles. The lowest BCUT2D eigenvalue weighted by atomic mass is 9.87. The minimum absolute atomic E-state index is 0.136. The summed E-state index contributed by atoms with van der Waals surface area (Å²) in [6, 6.07) is 8.83. The summed E-state index contributed by atoms with van der Waals surface area (Å²) in [6.45, 7) is 3.68. The number of carbonyl (C=O) groups is 2. The molecular formula is C17H21N2O5P. The molecule has 0 bridgehead atoms. The number of nitrogens with zero attached hydrogens (tertiary/aromatic N) is 2. The lowest BCUT2D eigenvalue weighted by Gasteiger charge is -2.37. The molecule has 3 atom stereocenters. The van der Waals surface area contributed by atoms with Gasteiger partial charge < -0.3 is 9.05 Å². The van der Waals surface area contributed by atoms with Crippen LogP contribution in [0, 0.1) is 11.8 Å². The van der Waals surface area contributed by atoms with E-state index in [0.29, 0.717) is 5.56 Å². The molecule has 0 aromatic heterocycles. The van der Waals surface area contributed by atoms with Crippen LogP contribution < -0.4 is 0 Å². The fraction of sp³-hybridized carbons (Fsp3) is 0.471. The Morgan fingerprint density at radius 2 is 1.72 bits per heavy atom. The first-order valence-corrected chi connectivity index (χ1v) is 9.78. The molecule has 3 rings (SSSR count). The summed E-state index contributed by atoms with van der Waals surface area (Å²) in [5.41, 5.74) is 0.542. The van der Waals surface area contributed by atoms with E-state index < -0.39 is 30.6 Å². The second kappa shape index (κ2) is 6.48. The SMILES string of the molecule is CCOP(=O)(OCC)C1(c2ccccc2)N=CC2C(=O)N(C)C(=O)C21. The molecule has 1 aromatic carbocycles. The van der Waals surface area contributed by atoms with E-state index in [1.165, 1.54) is 13.3 Å². The maximum atomic E-state index is 13.8. The number of benzene rings is 1. The largest absolute Gasteiger partial charge is 0.363 e. The van der Waals surface area contributed by atoms with E-state index in [0.717, 1.165) is 4.90 Å². The zero-order valence-corrected chi connectivity index (χ0v) is 15.3. The highest BCUT2D eigenvalue weighted by Gasteiger charge is 2.69. The van der Waals surface area contributed by atoms with E-state index in [2.05, 4.69) is 4.99 Å². The van der Waals surface area contributed by atoms with Gasteiger partial charge in [-0.25, -0.2) is 0 Å². The van der Waals surface area contributed by atoms with Crippen molar-refractivity contribution >= 4 is 25.6 Å². The highest BCUT2D eigenvalue weighted by atomic mass is 31.2. The van der Waals surface area contributed by atoms with Crippen LogP contribution in [0.25, 0.3) is 0 Å². The standard InChI is InChI=1S/C17H21N2O5P/c1-4-23-25(22,24-5-2)17(12-9-7-6-8-10-12)14-13(11-18-17)15(20)19(3)16(14)21/h6-11,13-14H,4-5H2,1-3H3.